The average molecular weight is 348 g/mol. The molecule has 1 saturated carbocycles. The summed E-state index contributed by atoms with van der Waals surface area (Å²) < 4.78 is 19.8. The van der Waals surface area contributed by atoms with E-state index in [2.05, 4.69) is 15.6 Å². The van der Waals surface area contributed by atoms with Gasteiger partial charge in [0.1, 0.15) is 11.9 Å². The van der Waals surface area contributed by atoms with E-state index in [-0.39, 0.29) is 23.7 Å². The summed E-state index contributed by atoms with van der Waals surface area (Å²) in [5.41, 5.74) is 1.33. The van der Waals surface area contributed by atoms with E-state index in [0.717, 1.165) is 12.8 Å². The van der Waals surface area contributed by atoms with E-state index in [1.807, 2.05) is 0 Å². The van der Waals surface area contributed by atoms with Crippen molar-refractivity contribution in [3.8, 4) is 5.69 Å². The molecule has 0 saturated heterocycles. The number of amides is 1. The molecule has 134 valence electrons. The normalized spacial score (nSPS) is 23.4. The van der Waals surface area contributed by atoms with Gasteiger partial charge in [-0.05, 0) is 50.5 Å². The molecular weight excluding hydrogens is 327 g/mol. The summed E-state index contributed by atoms with van der Waals surface area (Å²) in [6.07, 6.45) is 1.27. The lowest BCUT2D eigenvalue weighted by atomic mass is 9.90. The fourth-order valence-corrected chi connectivity index (χ4v) is 3.16. The number of aromatic nitrogens is 3. The number of aliphatic hydroxyl groups is 1. The van der Waals surface area contributed by atoms with Crippen molar-refractivity contribution in [1.82, 2.24) is 20.3 Å². The third kappa shape index (κ3) is 3.54. The highest BCUT2D eigenvalue weighted by Crippen LogP contribution is 2.22. The Morgan fingerprint density at radius 2 is 2.08 bits per heavy atom. The molecule has 2 N–H and O–H groups in total. The van der Waals surface area contributed by atoms with Gasteiger partial charge in [0.25, 0.3) is 5.91 Å². The van der Waals surface area contributed by atoms with Crippen LogP contribution in [0.25, 0.3) is 5.69 Å². The van der Waals surface area contributed by atoms with Crippen molar-refractivity contribution >= 4 is 5.91 Å². The molecule has 0 spiro atoms. The first kappa shape index (κ1) is 17.5. The number of nitrogens with one attached hydrogen (secondary N) is 1. The summed E-state index contributed by atoms with van der Waals surface area (Å²) in [5.74, 6) is -0.745. The number of ether oxygens (including phenoxy) is 1. The number of rotatable bonds is 4. The van der Waals surface area contributed by atoms with Crippen LogP contribution in [0, 0.1) is 12.7 Å². The summed E-state index contributed by atoms with van der Waals surface area (Å²) >= 11 is 0. The Labute approximate surface area is 144 Å². The van der Waals surface area contributed by atoms with Gasteiger partial charge >= 0.3 is 0 Å². The molecule has 25 heavy (non-hydrogen) atoms. The number of benzene rings is 1. The number of hydrogen-bond donors (Lipinski definition) is 2. The van der Waals surface area contributed by atoms with Gasteiger partial charge in [-0.2, -0.15) is 0 Å². The minimum atomic E-state index is -0.754. The molecule has 1 aromatic heterocycles. The summed E-state index contributed by atoms with van der Waals surface area (Å²) in [4.78, 5) is 12.5. The largest absolute Gasteiger partial charge is 0.388 e. The van der Waals surface area contributed by atoms with Gasteiger partial charge in [-0.25, -0.2) is 9.07 Å². The van der Waals surface area contributed by atoms with Crippen molar-refractivity contribution in [3.63, 3.8) is 0 Å². The molecule has 0 radical (unpaired) electrons. The smallest absolute Gasteiger partial charge is 0.274 e. The van der Waals surface area contributed by atoms with Crippen molar-refractivity contribution in [2.75, 3.05) is 7.11 Å². The Balaban J connectivity index is 1.76. The number of methoxy groups -OCH3 is 1. The number of carbonyl (C=O) groups is 1. The molecule has 0 bridgehead atoms. The third-order valence-electron chi connectivity index (χ3n) is 4.60. The van der Waals surface area contributed by atoms with Gasteiger partial charge in [-0.15, -0.1) is 5.10 Å². The molecule has 0 unspecified atom stereocenters. The Kier molecular flexibility index (Phi) is 5.10. The zero-order valence-corrected chi connectivity index (χ0v) is 14.1. The van der Waals surface area contributed by atoms with Crippen molar-refractivity contribution in [2.45, 2.75) is 44.4 Å². The lowest BCUT2D eigenvalue weighted by Gasteiger charge is -2.34. The van der Waals surface area contributed by atoms with Crippen LogP contribution < -0.4 is 5.32 Å². The lowest BCUT2D eigenvalue weighted by Crippen LogP contribution is -2.51. The van der Waals surface area contributed by atoms with E-state index in [1.54, 1.807) is 26.2 Å². The molecule has 1 aliphatic rings. The maximum Gasteiger partial charge on any atom is 0.274 e. The summed E-state index contributed by atoms with van der Waals surface area (Å²) in [6.45, 7) is 1.72. The second-order valence-electron chi connectivity index (χ2n) is 6.19. The summed E-state index contributed by atoms with van der Waals surface area (Å²) in [5, 5.41) is 21.0. The predicted octanol–water partition coefficient (Wildman–Crippen LogP) is 1.37. The van der Waals surface area contributed by atoms with Crippen molar-refractivity contribution in [2.24, 2.45) is 0 Å². The zero-order chi connectivity index (χ0) is 18.0. The van der Waals surface area contributed by atoms with Crippen LogP contribution in [-0.2, 0) is 4.74 Å². The minimum Gasteiger partial charge on any atom is -0.388 e. The Hall–Kier alpha value is -2.32. The SMILES string of the molecule is CO[C@@H]1CCC[C@@H](NC(=O)c2nnn(-c3ccc(F)cc3)c2C)[C@H]1O. The fraction of sp³-hybridized carbons (Fsp3) is 0.471. The molecule has 2 aromatic rings. The first-order chi connectivity index (χ1) is 12.0. The van der Waals surface area contributed by atoms with Crippen molar-refractivity contribution < 1.29 is 19.0 Å². The quantitative estimate of drug-likeness (QED) is 0.871. The maximum absolute atomic E-state index is 13.1. The maximum atomic E-state index is 13.1. The van der Waals surface area contributed by atoms with Crippen LogP contribution in [0.4, 0.5) is 4.39 Å². The van der Waals surface area contributed by atoms with Gasteiger partial charge in [0.05, 0.1) is 23.5 Å². The topological polar surface area (TPSA) is 89.3 Å². The van der Waals surface area contributed by atoms with Gasteiger partial charge in [0.15, 0.2) is 5.69 Å². The minimum absolute atomic E-state index is 0.177. The highest BCUT2D eigenvalue weighted by Gasteiger charge is 2.33. The molecule has 0 aliphatic heterocycles. The molecule has 1 amide bonds. The Bertz CT molecular complexity index is 747. The van der Waals surface area contributed by atoms with Crippen LogP contribution in [0.1, 0.15) is 35.4 Å². The molecule has 8 heteroatoms. The molecule has 1 aliphatic carbocycles. The van der Waals surface area contributed by atoms with E-state index in [4.69, 9.17) is 4.74 Å². The van der Waals surface area contributed by atoms with E-state index < -0.39 is 12.0 Å². The zero-order valence-electron chi connectivity index (χ0n) is 14.1. The van der Waals surface area contributed by atoms with Crippen LogP contribution >= 0.6 is 0 Å². The number of hydrogen-bond acceptors (Lipinski definition) is 5. The molecule has 1 aromatic carbocycles. The second-order valence-corrected chi connectivity index (χ2v) is 6.19. The van der Waals surface area contributed by atoms with Gasteiger partial charge in [-0.3, -0.25) is 4.79 Å². The fourth-order valence-electron chi connectivity index (χ4n) is 3.16. The molecule has 1 heterocycles. The standard InChI is InChI=1S/C17H21FN4O3/c1-10-15(20-21-22(10)12-8-6-11(18)7-9-12)17(24)19-13-4-3-5-14(25-2)16(13)23/h6-9,13-14,16,23H,3-5H2,1-2H3,(H,19,24)/t13-,14-,16-/m1/s1. The predicted molar refractivity (Wildman–Crippen MR) is 88.0 cm³/mol. The molecule has 7 nitrogen and oxygen atoms in total. The highest BCUT2D eigenvalue weighted by atomic mass is 19.1. The van der Waals surface area contributed by atoms with E-state index in [9.17, 15) is 14.3 Å². The van der Waals surface area contributed by atoms with E-state index in [1.165, 1.54) is 16.8 Å². The first-order valence-electron chi connectivity index (χ1n) is 8.21. The molecule has 3 rings (SSSR count). The monoisotopic (exact) mass is 348 g/mol. The Morgan fingerprint density at radius 3 is 2.76 bits per heavy atom. The van der Waals surface area contributed by atoms with Crippen molar-refractivity contribution in [3.05, 3.63) is 41.5 Å². The van der Waals surface area contributed by atoms with Gasteiger partial charge in [0.2, 0.25) is 0 Å². The van der Waals surface area contributed by atoms with E-state index >= 15 is 0 Å². The van der Waals surface area contributed by atoms with Crippen LogP contribution in [0.5, 0.6) is 0 Å². The van der Waals surface area contributed by atoms with Crippen molar-refractivity contribution in [1.29, 1.82) is 0 Å². The van der Waals surface area contributed by atoms with Gasteiger partial charge < -0.3 is 15.2 Å². The number of halogens is 1. The number of aliphatic hydroxyl groups excluding tert-OH is 1. The lowest BCUT2D eigenvalue weighted by molar-refractivity contribution is -0.0513. The van der Waals surface area contributed by atoms with Crippen LogP contribution in [0.15, 0.2) is 24.3 Å². The molecule has 3 atom stereocenters. The van der Waals surface area contributed by atoms with Gasteiger partial charge in [-0.1, -0.05) is 5.21 Å². The second kappa shape index (κ2) is 7.28. The van der Waals surface area contributed by atoms with Crippen LogP contribution in [0.3, 0.4) is 0 Å². The molecule has 1 fully saturated rings. The third-order valence-corrected chi connectivity index (χ3v) is 4.60. The number of nitrogens with zero attached hydrogens (tertiary/aromatic N) is 3. The first-order valence-corrected chi connectivity index (χ1v) is 8.21. The average Bonchev–Trinajstić information content (AvgIpc) is 2.99. The summed E-state index contributed by atoms with van der Waals surface area (Å²) in [7, 11) is 1.55. The number of carbonyl (C=O) groups excluding carboxylic acids is 1. The van der Waals surface area contributed by atoms with Gasteiger partial charge in [0, 0.05) is 7.11 Å². The molecular formula is C17H21FN4O3. The highest BCUT2D eigenvalue weighted by molar-refractivity contribution is 5.93. The Morgan fingerprint density at radius 1 is 1.36 bits per heavy atom. The van der Waals surface area contributed by atoms with E-state index in [0.29, 0.717) is 17.8 Å². The van der Waals surface area contributed by atoms with Crippen LogP contribution in [0.2, 0.25) is 0 Å². The van der Waals surface area contributed by atoms with Crippen LogP contribution in [-0.4, -0.2) is 51.4 Å². The summed E-state index contributed by atoms with van der Waals surface area (Å²) in [6, 6.07) is 5.37.